The number of hydrogen-bond donors (Lipinski definition) is 1. The third kappa shape index (κ3) is 3.54. The second-order valence-electron chi connectivity index (χ2n) is 5.01. The minimum atomic E-state index is -3.42. The van der Waals surface area contributed by atoms with Gasteiger partial charge >= 0.3 is 5.97 Å². The van der Waals surface area contributed by atoms with Crippen LogP contribution in [0.5, 0.6) is 0 Å². The Morgan fingerprint density at radius 1 is 1.33 bits per heavy atom. The van der Waals surface area contributed by atoms with Crippen molar-refractivity contribution in [1.29, 1.82) is 0 Å². The fourth-order valence-corrected chi connectivity index (χ4v) is 3.25. The molecule has 0 amide bonds. The topological polar surface area (TPSA) is 75.7 Å². The number of esters is 1. The number of hydrogen-bond acceptors (Lipinski definition) is 5. The summed E-state index contributed by atoms with van der Waals surface area (Å²) < 4.78 is 30.4. The molecule has 1 aliphatic rings. The van der Waals surface area contributed by atoms with Crippen molar-refractivity contribution in [1.82, 2.24) is 4.72 Å². The molecule has 1 saturated heterocycles. The Labute approximate surface area is 125 Å². The van der Waals surface area contributed by atoms with Crippen LogP contribution in [0.25, 0.3) is 0 Å². The Hall–Kier alpha value is -1.60. The fourth-order valence-electron chi connectivity index (χ4n) is 2.52. The molecule has 0 aliphatic carbocycles. The van der Waals surface area contributed by atoms with E-state index in [0.29, 0.717) is 6.54 Å². The molecular weight excluding hydrogens is 292 g/mol. The van der Waals surface area contributed by atoms with Crippen LogP contribution in [0, 0.1) is 5.92 Å². The third-order valence-electron chi connectivity index (χ3n) is 3.74. The van der Waals surface area contributed by atoms with E-state index in [4.69, 9.17) is 4.74 Å². The first-order chi connectivity index (χ1) is 9.97. The van der Waals surface area contributed by atoms with Gasteiger partial charge < -0.3 is 9.64 Å². The van der Waals surface area contributed by atoms with Crippen molar-refractivity contribution in [2.24, 2.45) is 5.92 Å². The summed E-state index contributed by atoms with van der Waals surface area (Å²) in [4.78, 5) is 13.9. The highest BCUT2D eigenvalue weighted by Crippen LogP contribution is 2.25. The van der Waals surface area contributed by atoms with E-state index in [1.165, 1.54) is 14.2 Å². The number of nitrogens with one attached hydrogen (secondary N) is 1. The minimum absolute atomic E-state index is 0.121. The summed E-state index contributed by atoms with van der Waals surface area (Å²) in [5.74, 6) is -0.307. The van der Waals surface area contributed by atoms with Crippen LogP contribution in [-0.2, 0) is 19.6 Å². The lowest BCUT2D eigenvalue weighted by Crippen LogP contribution is -2.39. The van der Waals surface area contributed by atoms with Gasteiger partial charge in [-0.15, -0.1) is 0 Å². The molecule has 1 atom stereocenters. The molecule has 6 nitrogen and oxygen atoms in total. The molecule has 0 aromatic heterocycles. The summed E-state index contributed by atoms with van der Waals surface area (Å²) in [7, 11) is -0.631. The largest absolute Gasteiger partial charge is 0.469 e. The predicted molar refractivity (Wildman–Crippen MR) is 79.6 cm³/mol. The normalized spacial score (nSPS) is 19.3. The maximum atomic E-state index is 11.7. The first kappa shape index (κ1) is 15.8. The number of piperidine rings is 1. The smallest absolute Gasteiger partial charge is 0.310 e. The summed E-state index contributed by atoms with van der Waals surface area (Å²) >= 11 is 0. The molecular formula is C14H20N2O4S. The molecule has 1 aromatic carbocycles. The summed E-state index contributed by atoms with van der Waals surface area (Å²) in [6, 6.07) is 6.68. The van der Waals surface area contributed by atoms with Crippen LogP contribution >= 0.6 is 0 Å². The van der Waals surface area contributed by atoms with Crippen molar-refractivity contribution in [3.63, 3.8) is 0 Å². The Morgan fingerprint density at radius 2 is 2.00 bits per heavy atom. The fraction of sp³-hybridized carbons (Fsp3) is 0.500. The van der Waals surface area contributed by atoms with Gasteiger partial charge in [0.25, 0.3) is 0 Å². The summed E-state index contributed by atoms with van der Waals surface area (Å²) in [5.41, 5.74) is 0.915. The molecule has 1 heterocycles. The Balaban J connectivity index is 2.13. The molecule has 0 bridgehead atoms. The number of nitrogens with zero attached hydrogens (tertiary/aromatic N) is 1. The molecule has 1 aromatic rings. The monoisotopic (exact) mass is 312 g/mol. The number of benzene rings is 1. The molecule has 7 heteroatoms. The van der Waals surface area contributed by atoms with E-state index in [-0.39, 0.29) is 16.8 Å². The predicted octanol–water partition coefficient (Wildman–Crippen LogP) is 0.984. The third-order valence-corrected chi connectivity index (χ3v) is 5.17. The van der Waals surface area contributed by atoms with E-state index in [1.807, 2.05) is 0 Å². The van der Waals surface area contributed by atoms with Gasteiger partial charge in [-0.3, -0.25) is 4.79 Å². The van der Waals surface area contributed by atoms with E-state index in [0.717, 1.165) is 25.1 Å². The van der Waals surface area contributed by atoms with Crippen LogP contribution in [0.4, 0.5) is 5.69 Å². The quantitative estimate of drug-likeness (QED) is 0.839. The van der Waals surface area contributed by atoms with Crippen molar-refractivity contribution in [2.45, 2.75) is 17.7 Å². The summed E-state index contributed by atoms with van der Waals surface area (Å²) in [6.45, 7) is 1.45. The van der Waals surface area contributed by atoms with E-state index < -0.39 is 10.0 Å². The van der Waals surface area contributed by atoms with Crippen molar-refractivity contribution in [3.8, 4) is 0 Å². The number of rotatable bonds is 4. The van der Waals surface area contributed by atoms with Crippen LogP contribution in [0.3, 0.4) is 0 Å². The van der Waals surface area contributed by atoms with Gasteiger partial charge in [-0.1, -0.05) is 0 Å². The first-order valence-electron chi connectivity index (χ1n) is 6.84. The van der Waals surface area contributed by atoms with E-state index >= 15 is 0 Å². The maximum Gasteiger partial charge on any atom is 0.310 e. The Bertz CT molecular complexity index is 598. The van der Waals surface area contributed by atoms with Crippen molar-refractivity contribution in [3.05, 3.63) is 24.3 Å². The van der Waals surface area contributed by atoms with Gasteiger partial charge in [-0.05, 0) is 44.2 Å². The molecule has 2 rings (SSSR count). The Morgan fingerprint density at radius 3 is 2.57 bits per heavy atom. The molecule has 0 radical (unpaired) electrons. The number of carbonyl (C=O) groups is 1. The van der Waals surface area contributed by atoms with Crippen LogP contribution in [0.15, 0.2) is 29.2 Å². The average Bonchev–Trinajstić information content (AvgIpc) is 2.54. The lowest BCUT2D eigenvalue weighted by atomic mass is 9.98. The van der Waals surface area contributed by atoms with E-state index in [2.05, 4.69) is 9.62 Å². The minimum Gasteiger partial charge on any atom is -0.469 e. The number of sulfonamides is 1. The van der Waals surface area contributed by atoms with E-state index in [9.17, 15) is 13.2 Å². The van der Waals surface area contributed by atoms with Gasteiger partial charge in [-0.25, -0.2) is 13.1 Å². The molecule has 21 heavy (non-hydrogen) atoms. The van der Waals surface area contributed by atoms with Gasteiger partial charge in [0.15, 0.2) is 0 Å². The van der Waals surface area contributed by atoms with Crippen LogP contribution in [0.2, 0.25) is 0 Å². The highest BCUT2D eigenvalue weighted by molar-refractivity contribution is 7.89. The SMILES string of the molecule is CNS(=O)(=O)c1ccc(N2CCCC(C(=O)OC)C2)cc1. The van der Waals surface area contributed by atoms with Crippen LogP contribution in [-0.4, -0.2) is 41.6 Å². The molecule has 0 saturated carbocycles. The number of methoxy groups -OCH3 is 1. The van der Waals surface area contributed by atoms with Crippen LogP contribution in [0.1, 0.15) is 12.8 Å². The van der Waals surface area contributed by atoms with Gasteiger partial charge in [0.05, 0.1) is 17.9 Å². The molecule has 1 unspecified atom stereocenters. The lowest BCUT2D eigenvalue weighted by Gasteiger charge is -2.33. The van der Waals surface area contributed by atoms with Gasteiger partial charge in [0.2, 0.25) is 10.0 Å². The molecule has 116 valence electrons. The number of ether oxygens (including phenoxy) is 1. The first-order valence-corrected chi connectivity index (χ1v) is 8.32. The maximum absolute atomic E-state index is 11.7. The van der Waals surface area contributed by atoms with Gasteiger partial charge in [0, 0.05) is 18.8 Å². The number of carbonyl (C=O) groups excluding carboxylic acids is 1. The molecule has 1 aliphatic heterocycles. The Kier molecular flexibility index (Phi) is 4.84. The van der Waals surface area contributed by atoms with Crippen molar-refractivity contribution >= 4 is 21.7 Å². The average molecular weight is 312 g/mol. The summed E-state index contributed by atoms with van der Waals surface area (Å²) in [5, 5.41) is 0. The van der Waals surface area contributed by atoms with Gasteiger partial charge in [-0.2, -0.15) is 0 Å². The zero-order valence-electron chi connectivity index (χ0n) is 12.2. The standard InChI is InChI=1S/C14H20N2O4S/c1-15-21(18,19)13-7-5-12(6-8-13)16-9-3-4-11(10-16)14(17)20-2/h5-8,11,15H,3-4,9-10H2,1-2H3. The van der Waals surface area contributed by atoms with Crippen molar-refractivity contribution < 1.29 is 17.9 Å². The highest BCUT2D eigenvalue weighted by Gasteiger charge is 2.26. The number of anilines is 1. The molecule has 1 fully saturated rings. The zero-order chi connectivity index (χ0) is 15.5. The zero-order valence-corrected chi connectivity index (χ0v) is 13.0. The van der Waals surface area contributed by atoms with Crippen molar-refractivity contribution in [2.75, 3.05) is 32.1 Å². The van der Waals surface area contributed by atoms with Crippen LogP contribution < -0.4 is 9.62 Å². The second kappa shape index (κ2) is 6.44. The molecule has 1 N–H and O–H groups in total. The van der Waals surface area contributed by atoms with E-state index in [1.54, 1.807) is 24.3 Å². The second-order valence-corrected chi connectivity index (χ2v) is 6.90. The van der Waals surface area contributed by atoms with Gasteiger partial charge in [0.1, 0.15) is 0 Å². The summed E-state index contributed by atoms with van der Waals surface area (Å²) in [6.07, 6.45) is 1.74. The molecule has 0 spiro atoms. The lowest BCUT2D eigenvalue weighted by molar-refractivity contribution is -0.145. The highest BCUT2D eigenvalue weighted by atomic mass is 32.2.